The Hall–Kier alpha value is -1.89. The van der Waals surface area contributed by atoms with Gasteiger partial charge in [-0.1, -0.05) is 0 Å². The van der Waals surface area contributed by atoms with Gasteiger partial charge in [0.05, 0.1) is 17.6 Å². The molecule has 0 unspecified atom stereocenters. The molecule has 0 spiro atoms. The summed E-state index contributed by atoms with van der Waals surface area (Å²) in [4.78, 5) is 16.2. The van der Waals surface area contributed by atoms with Gasteiger partial charge in [0.2, 0.25) is 0 Å². The first-order valence-corrected chi connectivity index (χ1v) is 6.16. The second-order valence-electron chi connectivity index (χ2n) is 3.56. The molecule has 3 N–H and O–H groups in total. The van der Waals surface area contributed by atoms with Crippen LogP contribution in [0, 0.1) is 0 Å². The maximum absolute atomic E-state index is 12.1. The van der Waals surface area contributed by atoms with Gasteiger partial charge in [0.25, 0.3) is 5.91 Å². The summed E-state index contributed by atoms with van der Waals surface area (Å²) in [5.41, 5.74) is 7.04. The zero-order chi connectivity index (χ0) is 13.1. The minimum Gasteiger partial charge on any atom is -0.396 e. The van der Waals surface area contributed by atoms with Gasteiger partial charge in [-0.05, 0) is 35.0 Å². The number of nitrogens with one attached hydrogen (secondary N) is 1. The number of pyridine rings is 1. The van der Waals surface area contributed by atoms with E-state index in [1.54, 1.807) is 23.0 Å². The molecule has 0 bridgehead atoms. The van der Waals surface area contributed by atoms with Crippen LogP contribution in [-0.4, -0.2) is 20.7 Å². The highest BCUT2D eigenvalue weighted by Gasteiger charge is 2.17. The Morgan fingerprint density at radius 3 is 3.06 bits per heavy atom. The summed E-state index contributed by atoms with van der Waals surface area (Å²) in [5.74, 6) is -0.305. The van der Waals surface area contributed by atoms with Gasteiger partial charge in [-0.2, -0.15) is 5.10 Å². The first-order chi connectivity index (χ1) is 8.63. The van der Waals surface area contributed by atoms with Gasteiger partial charge in [-0.15, -0.1) is 0 Å². The predicted octanol–water partition coefficient (Wildman–Crippen LogP) is 1.90. The fourth-order valence-corrected chi connectivity index (χ4v) is 1.90. The summed E-state index contributed by atoms with van der Waals surface area (Å²) in [7, 11) is 0. The number of aryl methyl sites for hydroxylation is 1. The molecule has 0 atom stereocenters. The van der Waals surface area contributed by atoms with Crippen LogP contribution < -0.4 is 11.1 Å². The molecular weight excluding hydrogens is 298 g/mol. The highest BCUT2D eigenvalue weighted by Crippen LogP contribution is 2.20. The van der Waals surface area contributed by atoms with E-state index in [9.17, 15) is 4.79 Å². The van der Waals surface area contributed by atoms with Crippen molar-refractivity contribution < 1.29 is 4.79 Å². The second kappa shape index (κ2) is 5.18. The van der Waals surface area contributed by atoms with Gasteiger partial charge in [0.1, 0.15) is 10.3 Å². The molecule has 0 fully saturated rings. The lowest BCUT2D eigenvalue weighted by Crippen LogP contribution is -2.19. The molecule has 0 aliphatic heterocycles. The molecule has 94 valence electrons. The summed E-state index contributed by atoms with van der Waals surface area (Å²) >= 11 is 3.26. The zero-order valence-electron chi connectivity index (χ0n) is 9.72. The smallest absolute Gasteiger partial charge is 0.276 e. The minimum absolute atomic E-state index is 0.305. The van der Waals surface area contributed by atoms with Crippen molar-refractivity contribution >= 4 is 33.2 Å². The molecule has 2 rings (SSSR count). The highest BCUT2D eigenvalue weighted by molar-refractivity contribution is 9.10. The number of rotatable bonds is 3. The van der Waals surface area contributed by atoms with Crippen molar-refractivity contribution in [1.82, 2.24) is 14.8 Å². The van der Waals surface area contributed by atoms with Crippen molar-refractivity contribution in [2.45, 2.75) is 13.5 Å². The zero-order valence-corrected chi connectivity index (χ0v) is 11.3. The molecule has 6 nitrogen and oxygen atoms in total. The Balaban J connectivity index is 2.28. The number of nitrogens with two attached hydrogens (primary N) is 1. The molecule has 18 heavy (non-hydrogen) atoms. The largest absolute Gasteiger partial charge is 0.396 e. The maximum atomic E-state index is 12.1. The van der Waals surface area contributed by atoms with E-state index in [1.165, 1.54) is 6.20 Å². The topological polar surface area (TPSA) is 85.8 Å². The van der Waals surface area contributed by atoms with Crippen molar-refractivity contribution in [2.24, 2.45) is 0 Å². The normalized spacial score (nSPS) is 10.3. The lowest BCUT2D eigenvalue weighted by atomic mass is 10.3. The van der Waals surface area contributed by atoms with Gasteiger partial charge in [0.15, 0.2) is 0 Å². The molecular formula is C11H12BrN5O. The number of halogens is 1. The maximum Gasteiger partial charge on any atom is 0.276 e. The molecule has 1 amide bonds. The van der Waals surface area contributed by atoms with Crippen molar-refractivity contribution in [3.63, 3.8) is 0 Å². The Kier molecular flexibility index (Phi) is 3.61. The molecule has 0 radical (unpaired) electrons. The van der Waals surface area contributed by atoms with Crippen molar-refractivity contribution in [1.29, 1.82) is 0 Å². The van der Waals surface area contributed by atoms with E-state index in [1.807, 2.05) is 6.92 Å². The number of hydrogen-bond donors (Lipinski definition) is 2. The van der Waals surface area contributed by atoms with E-state index >= 15 is 0 Å². The molecule has 0 saturated carbocycles. The molecule has 0 saturated heterocycles. The number of hydrogen-bond acceptors (Lipinski definition) is 4. The van der Waals surface area contributed by atoms with Crippen LogP contribution in [0.5, 0.6) is 0 Å². The van der Waals surface area contributed by atoms with E-state index < -0.39 is 0 Å². The van der Waals surface area contributed by atoms with Crippen LogP contribution in [0.15, 0.2) is 29.1 Å². The predicted molar refractivity (Wildman–Crippen MR) is 72.2 cm³/mol. The fraction of sp³-hybridized carbons (Fsp3) is 0.182. The first kappa shape index (κ1) is 12.6. The van der Waals surface area contributed by atoms with Gasteiger partial charge in [-0.25, -0.2) is 4.98 Å². The molecule has 0 aromatic carbocycles. The second-order valence-corrected chi connectivity index (χ2v) is 4.31. The Labute approximate surface area is 112 Å². The highest BCUT2D eigenvalue weighted by atomic mass is 79.9. The minimum atomic E-state index is -0.305. The number of carbonyl (C=O) groups excluding carboxylic acids is 1. The van der Waals surface area contributed by atoms with Crippen LogP contribution >= 0.6 is 15.9 Å². The van der Waals surface area contributed by atoms with E-state index in [0.29, 0.717) is 28.2 Å². The van der Waals surface area contributed by atoms with Gasteiger partial charge >= 0.3 is 0 Å². The molecule has 2 aromatic heterocycles. The quantitative estimate of drug-likeness (QED) is 0.848. The molecule has 2 heterocycles. The van der Waals surface area contributed by atoms with Gasteiger partial charge in [0, 0.05) is 12.7 Å². The lowest BCUT2D eigenvalue weighted by Gasteiger charge is -2.08. The Bertz CT molecular complexity index is 581. The number of nitrogens with zero attached hydrogens (tertiary/aromatic N) is 3. The standard InChI is InChI=1S/C11H12BrN5O/c1-2-17-9(7(13)6-15-17)11(18)16-8-4-3-5-14-10(8)12/h3-6H,2,13H2,1H3,(H,16,18). The first-order valence-electron chi connectivity index (χ1n) is 5.36. The van der Waals surface area contributed by atoms with Crippen LogP contribution in [0.3, 0.4) is 0 Å². The van der Waals surface area contributed by atoms with E-state index in [-0.39, 0.29) is 5.91 Å². The van der Waals surface area contributed by atoms with E-state index in [0.717, 1.165) is 0 Å². The molecule has 7 heteroatoms. The van der Waals surface area contributed by atoms with Crippen LogP contribution in [0.4, 0.5) is 11.4 Å². The van der Waals surface area contributed by atoms with Crippen molar-refractivity contribution in [2.75, 3.05) is 11.1 Å². The number of anilines is 2. The Morgan fingerprint density at radius 1 is 1.61 bits per heavy atom. The number of aromatic nitrogens is 3. The third-order valence-electron chi connectivity index (χ3n) is 2.39. The molecule has 0 aliphatic rings. The average molecular weight is 310 g/mol. The summed E-state index contributed by atoms with van der Waals surface area (Å²) in [6.07, 6.45) is 3.10. The molecule has 0 aliphatic carbocycles. The van der Waals surface area contributed by atoms with Crippen LogP contribution in [0.2, 0.25) is 0 Å². The van der Waals surface area contributed by atoms with Crippen LogP contribution in [0.1, 0.15) is 17.4 Å². The van der Waals surface area contributed by atoms with Crippen molar-refractivity contribution in [3.8, 4) is 0 Å². The number of carbonyl (C=O) groups is 1. The third kappa shape index (κ3) is 2.35. The average Bonchev–Trinajstić information content (AvgIpc) is 2.73. The van der Waals surface area contributed by atoms with E-state index in [2.05, 4.69) is 31.3 Å². The Morgan fingerprint density at radius 2 is 2.39 bits per heavy atom. The SMILES string of the molecule is CCn1ncc(N)c1C(=O)Nc1cccnc1Br. The summed E-state index contributed by atoms with van der Waals surface area (Å²) < 4.78 is 2.12. The summed E-state index contributed by atoms with van der Waals surface area (Å²) in [6.45, 7) is 2.47. The van der Waals surface area contributed by atoms with Gasteiger partial charge in [-0.3, -0.25) is 9.48 Å². The monoisotopic (exact) mass is 309 g/mol. The summed E-state index contributed by atoms with van der Waals surface area (Å²) in [6, 6.07) is 3.48. The lowest BCUT2D eigenvalue weighted by molar-refractivity contribution is 0.101. The number of nitrogen functional groups attached to an aromatic ring is 1. The molecule has 2 aromatic rings. The van der Waals surface area contributed by atoms with Gasteiger partial charge < -0.3 is 11.1 Å². The van der Waals surface area contributed by atoms with Crippen LogP contribution in [-0.2, 0) is 6.54 Å². The van der Waals surface area contributed by atoms with Crippen LogP contribution in [0.25, 0.3) is 0 Å². The third-order valence-corrected chi connectivity index (χ3v) is 3.02. The van der Waals surface area contributed by atoms with Crippen molar-refractivity contribution in [3.05, 3.63) is 34.8 Å². The number of amides is 1. The fourth-order valence-electron chi connectivity index (χ4n) is 1.55. The van der Waals surface area contributed by atoms with E-state index in [4.69, 9.17) is 5.73 Å². The summed E-state index contributed by atoms with van der Waals surface area (Å²) in [5, 5.41) is 6.76.